The average molecular weight is 245 g/mol. The summed E-state index contributed by atoms with van der Waals surface area (Å²) < 4.78 is 18.0. The molecule has 0 saturated heterocycles. The van der Waals surface area contributed by atoms with Crippen LogP contribution in [0.25, 0.3) is 0 Å². The Hall–Kier alpha value is -1.87. The second-order valence-corrected chi connectivity index (χ2v) is 4.21. The Kier molecular flexibility index (Phi) is 3.95. The van der Waals surface area contributed by atoms with Crippen molar-refractivity contribution in [1.29, 1.82) is 0 Å². The number of hydrogen-bond donors (Lipinski definition) is 1. The van der Waals surface area contributed by atoms with Crippen LogP contribution >= 0.6 is 0 Å². The highest BCUT2D eigenvalue weighted by atomic mass is 19.1. The van der Waals surface area contributed by atoms with Gasteiger partial charge in [-0.2, -0.15) is 0 Å². The van der Waals surface area contributed by atoms with Gasteiger partial charge in [-0.05, 0) is 41.8 Å². The molecule has 94 valence electrons. The number of rotatable bonds is 4. The first kappa shape index (κ1) is 12.6. The molecule has 2 aromatic rings. The minimum absolute atomic E-state index is 0.120. The van der Waals surface area contributed by atoms with E-state index in [2.05, 4.69) is 0 Å². The molecule has 0 saturated carbocycles. The molecule has 0 aliphatic rings. The second-order valence-electron chi connectivity index (χ2n) is 4.21. The lowest BCUT2D eigenvalue weighted by Gasteiger charge is -2.13. The summed E-state index contributed by atoms with van der Waals surface area (Å²) in [5.74, 6) is 0.566. The standard InChI is InChI=1S/C15H16FNO/c1-18-14-4-2-3-12(10-14)15(17)9-11-5-7-13(16)8-6-11/h2-8,10,15H,9,17H2,1H3. The zero-order chi connectivity index (χ0) is 13.0. The highest BCUT2D eigenvalue weighted by Crippen LogP contribution is 2.20. The molecule has 0 aromatic heterocycles. The number of benzene rings is 2. The van der Waals surface area contributed by atoms with Gasteiger partial charge < -0.3 is 10.5 Å². The first-order chi connectivity index (χ1) is 8.69. The third-order valence-electron chi connectivity index (χ3n) is 2.89. The fraction of sp³-hybridized carbons (Fsp3) is 0.200. The molecule has 2 aromatic carbocycles. The van der Waals surface area contributed by atoms with Crippen LogP contribution in [0.15, 0.2) is 48.5 Å². The van der Waals surface area contributed by atoms with Crippen LogP contribution < -0.4 is 10.5 Å². The lowest BCUT2D eigenvalue weighted by Crippen LogP contribution is -2.13. The predicted octanol–water partition coefficient (Wildman–Crippen LogP) is 3.08. The molecule has 2 nitrogen and oxygen atoms in total. The molecular formula is C15H16FNO. The molecule has 0 bridgehead atoms. The summed E-state index contributed by atoms with van der Waals surface area (Å²) in [4.78, 5) is 0. The summed E-state index contributed by atoms with van der Waals surface area (Å²) in [6.07, 6.45) is 0.674. The number of ether oxygens (including phenoxy) is 1. The third kappa shape index (κ3) is 3.08. The molecule has 3 heteroatoms. The van der Waals surface area contributed by atoms with Gasteiger partial charge in [0.05, 0.1) is 7.11 Å². The Labute approximate surface area is 106 Å². The van der Waals surface area contributed by atoms with E-state index in [9.17, 15) is 4.39 Å². The van der Waals surface area contributed by atoms with Crippen LogP contribution in [0.1, 0.15) is 17.2 Å². The Morgan fingerprint density at radius 3 is 2.56 bits per heavy atom. The van der Waals surface area contributed by atoms with Gasteiger partial charge in [-0.25, -0.2) is 4.39 Å². The maximum Gasteiger partial charge on any atom is 0.123 e. The predicted molar refractivity (Wildman–Crippen MR) is 70.0 cm³/mol. The molecule has 0 fully saturated rings. The molecule has 0 aliphatic heterocycles. The lowest BCUT2D eigenvalue weighted by atomic mass is 9.99. The highest BCUT2D eigenvalue weighted by molar-refractivity contribution is 5.31. The van der Waals surface area contributed by atoms with E-state index >= 15 is 0 Å². The highest BCUT2D eigenvalue weighted by Gasteiger charge is 2.08. The smallest absolute Gasteiger partial charge is 0.123 e. The fourth-order valence-electron chi connectivity index (χ4n) is 1.86. The largest absolute Gasteiger partial charge is 0.497 e. The maximum absolute atomic E-state index is 12.8. The van der Waals surface area contributed by atoms with E-state index in [1.807, 2.05) is 24.3 Å². The Bertz CT molecular complexity index is 510. The van der Waals surface area contributed by atoms with Crippen LogP contribution in [-0.4, -0.2) is 7.11 Å². The maximum atomic E-state index is 12.8. The van der Waals surface area contributed by atoms with E-state index in [4.69, 9.17) is 10.5 Å². The van der Waals surface area contributed by atoms with Gasteiger partial charge >= 0.3 is 0 Å². The first-order valence-corrected chi connectivity index (χ1v) is 5.83. The van der Waals surface area contributed by atoms with Crippen molar-refractivity contribution in [3.63, 3.8) is 0 Å². The van der Waals surface area contributed by atoms with E-state index < -0.39 is 0 Å². The molecule has 0 radical (unpaired) electrons. The number of hydrogen-bond acceptors (Lipinski definition) is 2. The number of halogens is 1. The normalized spacial score (nSPS) is 12.2. The summed E-state index contributed by atoms with van der Waals surface area (Å²) in [7, 11) is 1.63. The molecule has 0 heterocycles. The van der Waals surface area contributed by atoms with Gasteiger partial charge in [-0.15, -0.1) is 0 Å². The van der Waals surface area contributed by atoms with E-state index in [1.54, 1.807) is 19.2 Å². The van der Waals surface area contributed by atoms with Crippen molar-refractivity contribution in [3.05, 3.63) is 65.5 Å². The van der Waals surface area contributed by atoms with Crippen LogP contribution in [0, 0.1) is 5.82 Å². The van der Waals surface area contributed by atoms with Crippen molar-refractivity contribution in [2.75, 3.05) is 7.11 Å². The summed E-state index contributed by atoms with van der Waals surface area (Å²) in [6.45, 7) is 0. The van der Waals surface area contributed by atoms with Gasteiger partial charge in [0, 0.05) is 6.04 Å². The SMILES string of the molecule is COc1cccc(C(N)Cc2ccc(F)cc2)c1. The molecule has 18 heavy (non-hydrogen) atoms. The average Bonchev–Trinajstić information content (AvgIpc) is 2.41. The molecular weight excluding hydrogens is 229 g/mol. The quantitative estimate of drug-likeness (QED) is 0.898. The summed E-state index contributed by atoms with van der Waals surface area (Å²) in [6, 6.07) is 14.0. The second kappa shape index (κ2) is 5.65. The molecule has 1 atom stereocenters. The number of methoxy groups -OCH3 is 1. The van der Waals surface area contributed by atoms with Gasteiger partial charge in [-0.1, -0.05) is 24.3 Å². The van der Waals surface area contributed by atoms with Crippen molar-refractivity contribution in [3.8, 4) is 5.75 Å². The summed E-state index contributed by atoms with van der Waals surface area (Å²) in [5, 5.41) is 0. The van der Waals surface area contributed by atoms with Gasteiger partial charge in [0.15, 0.2) is 0 Å². The molecule has 2 rings (SSSR count). The fourth-order valence-corrected chi connectivity index (χ4v) is 1.86. The van der Waals surface area contributed by atoms with E-state index in [1.165, 1.54) is 12.1 Å². The first-order valence-electron chi connectivity index (χ1n) is 5.83. The molecule has 2 N–H and O–H groups in total. The molecule has 0 aliphatic carbocycles. The van der Waals surface area contributed by atoms with Gasteiger partial charge in [0.1, 0.15) is 11.6 Å². The Morgan fingerprint density at radius 2 is 1.89 bits per heavy atom. The van der Waals surface area contributed by atoms with Crippen molar-refractivity contribution in [2.24, 2.45) is 5.73 Å². The molecule has 0 amide bonds. The Balaban J connectivity index is 2.11. The minimum Gasteiger partial charge on any atom is -0.497 e. The number of nitrogens with two attached hydrogens (primary N) is 1. The lowest BCUT2D eigenvalue weighted by molar-refractivity contribution is 0.414. The van der Waals surface area contributed by atoms with E-state index in [0.717, 1.165) is 16.9 Å². The van der Waals surface area contributed by atoms with Crippen LogP contribution in [-0.2, 0) is 6.42 Å². The van der Waals surface area contributed by atoms with Crippen LogP contribution in [0.5, 0.6) is 5.75 Å². The minimum atomic E-state index is -0.228. The van der Waals surface area contributed by atoms with Crippen LogP contribution in [0.4, 0.5) is 4.39 Å². The van der Waals surface area contributed by atoms with Crippen LogP contribution in [0.2, 0.25) is 0 Å². The van der Waals surface area contributed by atoms with E-state index in [-0.39, 0.29) is 11.9 Å². The third-order valence-corrected chi connectivity index (χ3v) is 2.89. The molecule has 1 unspecified atom stereocenters. The van der Waals surface area contributed by atoms with Gasteiger partial charge in [-0.3, -0.25) is 0 Å². The zero-order valence-electron chi connectivity index (χ0n) is 10.3. The van der Waals surface area contributed by atoms with Crippen molar-refractivity contribution in [2.45, 2.75) is 12.5 Å². The van der Waals surface area contributed by atoms with Crippen molar-refractivity contribution >= 4 is 0 Å². The van der Waals surface area contributed by atoms with E-state index in [0.29, 0.717) is 6.42 Å². The zero-order valence-corrected chi connectivity index (χ0v) is 10.3. The monoisotopic (exact) mass is 245 g/mol. The topological polar surface area (TPSA) is 35.2 Å². The van der Waals surface area contributed by atoms with Crippen molar-refractivity contribution in [1.82, 2.24) is 0 Å². The summed E-state index contributed by atoms with van der Waals surface area (Å²) >= 11 is 0. The van der Waals surface area contributed by atoms with Crippen LogP contribution in [0.3, 0.4) is 0 Å². The van der Waals surface area contributed by atoms with Gasteiger partial charge in [0.2, 0.25) is 0 Å². The molecule has 0 spiro atoms. The Morgan fingerprint density at radius 1 is 1.17 bits per heavy atom. The van der Waals surface area contributed by atoms with Crippen molar-refractivity contribution < 1.29 is 9.13 Å². The summed E-state index contributed by atoms with van der Waals surface area (Å²) in [5.41, 5.74) is 8.17. The van der Waals surface area contributed by atoms with Gasteiger partial charge in [0.25, 0.3) is 0 Å².